The molecule has 1 heterocycles. The highest BCUT2D eigenvalue weighted by molar-refractivity contribution is 5.80. The molecule has 0 bridgehead atoms. The Balaban J connectivity index is 1.71. The van der Waals surface area contributed by atoms with Gasteiger partial charge in [-0.2, -0.15) is 0 Å². The van der Waals surface area contributed by atoms with Gasteiger partial charge in [-0.3, -0.25) is 9.59 Å². The van der Waals surface area contributed by atoms with E-state index in [-0.39, 0.29) is 31.3 Å². The first-order chi connectivity index (χ1) is 12.5. The molecule has 1 aliphatic rings. The van der Waals surface area contributed by atoms with Crippen LogP contribution in [0, 0.1) is 11.7 Å². The lowest BCUT2D eigenvalue weighted by Crippen LogP contribution is -2.31. The van der Waals surface area contributed by atoms with Gasteiger partial charge in [0, 0.05) is 19.0 Å². The minimum Gasteiger partial charge on any atom is -0.481 e. The third kappa shape index (κ3) is 3.91. The Morgan fingerprint density at radius 2 is 1.85 bits per heavy atom. The summed E-state index contributed by atoms with van der Waals surface area (Å²) in [5, 5.41) is 19.7. The van der Waals surface area contributed by atoms with Crippen LogP contribution in [0.3, 0.4) is 0 Å². The van der Waals surface area contributed by atoms with Crippen LogP contribution in [-0.4, -0.2) is 40.1 Å². The maximum atomic E-state index is 13.3. The van der Waals surface area contributed by atoms with E-state index in [4.69, 9.17) is 0 Å². The van der Waals surface area contributed by atoms with Crippen molar-refractivity contribution in [3.8, 4) is 0 Å². The lowest BCUT2D eigenvalue weighted by atomic mass is 9.89. The molecule has 2 aromatic rings. The number of aliphatic hydroxyl groups is 1. The van der Waals surface area contributed by atoms with E-state index in [0.29, 0.717) is 5.56 Å². The number of halogens is 1. The Hall–Kier alpha value is -2.73. The molecule has 5 nitrogen and oxygen atoms in total. The van der Waals surface area contributed by atoms with Crippen LogP contribution in [0.5, 0.6) is 0 Å². The van der Waals surface area contributed by atoms with Crippen LogP contribution in [0.1, 0.15) is 29.6 Å². The molecule has 3 atom stereocenters. The first-order valence-electron chi connectivity index (χ1n) is 8.44. The van der Waals surface area contributed by atoms with Crippen molar-refractivity contribution in [1.82, 2.24) is 4.90 Å². The SMILES string of the molecule is O=C(O)[C@H]1CN(C(=O)CC(O)c2cccc(F)c2)C[C@H]1c1ccccc1. The molecule has 1 unspecified atom stereocenters. The third-order valence-corrected chi connectivity index (χ3v) is 4.82. The highest BCUT2D eigenvalue weighted by atomic mass is 19.1. The van der Waals surface area contributed by atoms with E-state index in [9.17, 15) is 24.2 Å². The number of likely N-dealkylation sites (tertiary alicyclic amines) is 1. The average molecular weight is 357 g/mol. The summed E-state index contributed by atoms with van der Waals surface area (Å²) in [4.78, 5) is 25.6. The van der Waals surface area contributed by atoms with Crippen LogP contribution < -0.4 is 0 Å². The van der Waals surface area contributed by atoms with Crippen LogP contribution in [-0.2, 0) is 9.59 Å². The molecule has 0 aromatic heterocycles. The fraction of sp³-hybridized carbons (Fsp3) is 0.300. The third-order valence-electron chi connectivity index (χ3n) is 4.82. The molecule has 1 saturated heterocycles. The van der Waals surface area contributed by atoms with Crippen LogP contribution in [0.4, 0.5) is 4.39 Å². The Bertz CT molecular complexity index is 795. The zero-order chi connectivity index (χ0) is 18.7. The van der Waals surface area contributed by atoms with Gasteiger partial charge >= 0.3 is 5.97 Å². The first kappa shape index (κ1) is 18.1. The topological polar surface area (TPSA) is 77.8 Å². The van der Waals surface area contributed by atoms with E-state index in [1.54, 1.807) is 6.07 Å². The second-order valence-electron chi connectivity index (χ2n) is 6.54. The number of aliphatic carboxylic acids is 1. The van der Waals surface area contributed by atoms with E-state index >= 15 is 0 Å². The van der Waals surface area contributed by atoms with Crippen LogP contribution in [0.25, 0.3) is 0 Å². The number of carbonyl (C=O) groups is 2. The standard InChI is InChI=1S/C20H20FNO4/c21-15-8-4-7-14(9-15)18(23)10-19(24)22-11-16(17(12-22)20(25)26)13-5-2-1-3-6-13/h1-9,16-18,23H,10-12H2,(H,25,26)/t16-,17-,18?/m0/s1. The number of hydrogen-bond donors (Lipinski definition) is 2. The number of carboxylic acid groups (broad SMARTS) is 1. The van der Waals surface area contributed by atoms with Crippen molar-refractivity contribution in [2.45, 2.75) is 18.4 Å². The van der Waals surface area contributed by atoms with Crippen LogP contribution in [0.15, 0.2) is 54.6 Å². The number of rotatable bonds is 5. The number of nitrogens with zero attached hydrogens (tertiary/aromatic N) is 1. The van der Waals surface area contributed by atoms with Crippen molar-refractivity contribution in [2.24, 2.45) is 5.92 Å². The summed E-state index contributed by atoms with van der Waals surface area (Å²) in [6.07, 6.45) is -1.34. The van der Waals surface area contributed by atoms with Gasteiger partial charge in [0.2, 0.25) is 5.91 Å². The lowest BCUT2D eigenvalue weighted by Gasteiger charge is -2.19. The smallest absolute Gasteiger partial charge is 0.308 e. The number of aliphatic hydroxyl groups excluding tert-OH is 1. The highest BCUT2D eigenvalue weighted by Gasteiger charge is 2.40. The molecule has 0 saturated carbocycles. The van der Waals surface area contributed by atoms with Gasteiger partial charge in [-0.1, -0.05) is 42.5 Å². The van der Waals surface area contributed by atoms with E-state index in [0.717, 1.165) is 5.56 Å². The van der Waals surface area contributed by atoms with Gasteiger partial charge in [-0.25, -0.2) is 4.39 Å². The predicted octanol–water partition coefficient (Wildman–Crippen LogP) is 2.58. The number of carboxylic acids is 1. The van der Waals surface area contributed by atoms with Crippen molar-refractivity contribution in [1.29, 1.82) is 0 Å². The molecule has 26 heavy (non-hydrogen) atoms. The Kier molecular flexibility index (Phi) is 5.32. The van der Waals surface area contributed by atoms with Crippen molar-refractivity contribution in [3.05, 3.63) is 71.5 Å². The molecule has 6 heteroatoms. The first-order valence-corrected chi connectivity index (χ1v) is 8.44. The Morgan fingerprint density at radius 3 is 2.50 bits per heavy atom. The van der Waals surface area contributed by atoms with Gasteiger partial charge in [0.05, 0.1) is 18.4 Å². The maximum Gasteiger partial charge on any atom is 0.308 e. The summed E-state index contributed by atoms with van der Waals surface area (Å²) in [6.45, 7) is 0.388. The minimum absolute atomic E-state index is 0.101. The molecule has 136 valence electrons. The molecule has 1 amide bonds. The van der Waals surface area contributed by atoms with E-state index in [2.05, 4.69) is 0 Å². The average Bonchev–Trinajstić information content (AvgIpc) is 3.08. The number of hydrogen-bond acceptors (Lipinski definition) is 3. The summed E-state index contributed by atoms with van der Waals surface area (Å²) >= 11 is 0. The largest absolute Gasteiger partial charge is 0.481 e. The van der Waals surface area contributed by atoms with Gasteiger partial charge in [0.25, 0.3) is 0 Å². The number of carbonyl (C=O) groups excluding carboxylic acids is 1. The lowest BCUT2D eigenvalue weighted by molar-refractivity contribution is -0.142. The van der Waals surface area contributed by atoms with Gasteiger partial charge in [-0.05, 0) is 23.3 Å². The maximum absolute atomic E-state index is 13.3. The second-order valence-corrected chi connectivity index (χ2v) is 6.54. The molecular formula is C20H20FNO4. The van der Waals surface area contributed by atoms with E-state index < -0.39 is 23.8 Å². The van der Waals surface area contributed by atoms with Crippen molar-refractivity contribution in [2.75, 3.05) is 13.1 Å². The minimum atomic E-state index is -1.13. The highest BCUT2D eigenvalue weighted by Crippen LogP contribution is 2.33. The number of amides is 1. The Morgan fingerprint density at radius 1 is 1.12 bits per heavy atom. The molecule has 2 aromatic carbocycles. The summed E-state index contributed by atoms with van der Waals surface area (Å²) in [6, 6.07) is 14.7. The number of benzene rings is 2. The molecular weight excluding hydrogens is 337 g/mol. The van der Waals surface area contributed by atoms with Gasteiger partial charge in [-0.15, -0.1) is 0 Å². The second kappa shape index (κ2) is 7.66. The monoisotopic (exact) mass is 357 g/mol. The molecule has 3 rings (SSSR count). The molecule has 1 aliphatic heterocycles. The van der Waals surface area contributed by atoms with Crippen molar-refractivity contribution >= 4 is 11.9 Å². The molecule has 1 fully saturated rings. The summed E-state index contributed by atoms with van der Waals surface area (Å²) in [7, 11) is 0. The quantitative estimate of drug-likeness (QED) is 0.862. The van der Waals surface area contributed by atoms with E-state index in [1.165, 1.54) is 23.1 Å². The molecule has 2 N–H and O–H groups in total. The predicted molar refractivity (Wildman–Crippen MR) is 92.9 cm³/mol. The summed E-state index contributed by atoms with van der Waals surface area (Å²) in [5.41, 5.74) is 1.20. The Labute approximate surface area is 150 Å². The molecule has 0 radical (unpaired) electrons. The van der Waals surface area contributed by atoms with E-state index in [1.807, 2.05) is 30.3 Å². The summed E-state index contributed by atoms with van der Waals surface area (Å²) in [5.74, 6) is -2.74. The van der Waals surface area contributed by atoms with Gasteiger partial charge in [0.15, 0.2) is 0 Å². The molecule has 0 aliphatic carbocycles. The fourth-order valence-electron chi connectivity index (χ4n) is 3.42. The van der Waals surface area contributed by atoms with Crippen LogP contribution in [0.2, 0.25) is 0 Å². The molecule has 0 spiro atoms. The fourth-order valence-corrected chi connectivity index (χ4v) is 3.42. The van der Waals surface area contributed by atoms with Gasteiger partial charge in [0.1, 0.15) is 5.82 Å². The zero-order valence-corrected chi connectivity index (χ0v) is 14.1. The van der Waals surface area contributed by atoms with Crippen molar-refractivity contribution in [3.63, 3.8) is 0 Å². The normalized spacial score (nSPS) is 20.8. The zero-order valence-electron chi connectivity index (χ0n) is 14.1. The summed E-state index contributed by atoms with van der Waals surface area (Å²) < 4.78 is 13.3. The van der Waals surface area contributed by atoms with Crippen LogP contribution >= 0.6 is 0 Å². The van der Waals surface area contributed by atoms with Crippen molar-refractivity contribution < 1.29 is 24.2 Å². The van der Waals surface area contributed by atoms with Gasteiger partial charge < -0.3 is 15.1 Å².